The summed E-state index contributed by atoms with van der Waals surface area (Å²) in [5.41, 5.74) is 0. The minimum absolute atomic E-state index is 0.145. The Morgan fingerprint density at radius 1 is 1.53 bits per heavy atom. The van der Waals surface area contributed by atoms with Gasteiger partial charge in [0.1, 0.15) is 0 Å². The predicted molar refractivity (Wildman–Crippen MR) is 64.3 cm³/mol. The van der Waals surface area contributed by atoms with Crippen LogP contribution in [0.1, 0.15) is 19.3 Å². The van der Waals surface area contributed by atoms with E-state index >= 15 is 0 Å². The Balaban J connectivity index is 2.31. The number of hydrogen-bond acceptors (Lipinski definition) is 4. The first kappa shape index (κ1) is 14.4. The van der Waals surface area contributed by atoms with Gasteiger partial charge in [-0.15, -0.1) is 0 Å². The number of carboxylic acids is 1. The van der Waals surface area contributed by atoms with E-state index < -0.39 is 16.0 Å². The van der Waals surface area contributed by atoms with E-state index in [0.717, 1.165) is 32.2 Å². The molecule has 7 heteroatoms. The smallest absolute Gasteiger partial charge is 0.304 e. The van der Waals surface area contributed by atoms with Crippen molar-refractivity contribution in [3.63, 3.8) is 0 Å². The topological polar surface area (TPSA) is 86.7 Å². The summed E-state index contributed by atoms with van der Waals surface area (Å²) < 4.78 is 24.4. The average Bonchev–Trinajstić information content (AvgIpc) is 2.23. The van der Waals surface area contributed by atoms with Crippen LogP contribution in [0.15, 0.2) is 0 Å². The highest BCUT2D eigenvalue weighted by Gasteiger charge is 2.20. The zero-order valence-corrected chi connectivity index (χ0v) is 10.9. The van der Waals surface area contributed by atoms with Gasteiger partial charge < -0.3 is 10.0 Å². The summed E-state index contributed by atoms with van der Waals surface area (Å²) in [6.45, 7) is 2.67. The first-order valence-electron chi connectivity index (χ1n) is 5.75. The van der Waals surface area contributed by atoms with Crippen LogP contribution in [0.4, 0.5) is 0 Å². The van der Waals surface area contributed by atoms with Gasteiger partial charge in [0.15, 0.2) is 0 Å². The van der Waals surface area contributed by atoms with Gasteiger partial charge in [-0.2, -0.15) is 0 Å². The molecule has 6 nitrogen and oxygen atoms in total. The average molecular weight is 264 g/mol. The van der Waals surface area contributed by atoms with E-state index in [1.807, 2.05) is 0 Å². The molecule has 0 bridgehead atoms. The second kappa shape index (κ2) is 6.32. The first-order chi connectivity index (χ1) is 7.87. The Bertz CT molecular complexity index is 355. The molecule has 0 aromatic carbocycles. The van der Waals surface area contributed by atoms with Crippen molar-refractivity contribution in [1.82, 2.24) is 9.62 Å². The molecule has 100 valence electrons. The van der Waals surface area contributed by atoms with Gasteiger partial charge in [0.05, 0.1) is 12.7 Å². The van der Waals surface area contributed by atoms with Gasteiger partial charge >= 0.3 is 5.97 Å². The van der Waals surface area contributed by atoms with Crippen molar-refractivity contribution >= 4 is 16.0 Å². The van der Waals surface area contributed by atoms with Crippen molar-refractivity contribution < 1.29 is 18.3 Å². The monoisotopic (exact) mass is 264 g/mol. The van der Waals surface area contributed by atoms with Gasteiger partial charge in [-0.25, -0.2) is 13.1 Å². The zero-order chi connectivity index (χ0) is 12.9. The van der Waals surface area contributed by atoms with E-state index in [-0.39, 0.29) is 12.3 Å². The molecule has 1 fully saturated rings. The third-order valence-corrected chi connectivity index (χ3v) is 3.57. The number of carboxylic acid groups (broad SMARTS) is 1. The van der Waals surface area contributed by atoms with Crippen LogP contribution in [0, 0.1) is 5.92 Å². The normalized spacial score (nSPS) is 22.5. The number of carbonyl (C=O) groups is 1. The lowest BCUT2D eigenvalue weighted by Crippen LogP contribution is -2.41. The van der Waals surface area contributed by atoms with E-state index in [1.54, 1.807) is 0 Å². The van der Waals surface area contributed by atoms with Gasteiger partial charge in [-0.1, -0.05) is 0 Å². The minimum Gasteiger partial charge on any atom is -0.481 e. The van der Waals surface area contributed by atoms with Crippen LogP contribution in [0.3, 0.4) is 0 Å². The van der Waals surface area contributed by atoms with E-state index in [0.29, 0.717) is 13.1 Å². The highest BCUT2D eigenvalue weighted by Crippen LogP contribution is 2.15. The maximum Gasteiger partial charge on any atom is 0.304 e. The van der Waals surface area contributed by atoms with Crippen LogP contribution in [-0.4, -0.2) is 56.8 Å². The van der Waals surface area contributed by atoms with Gasteiger partial charge in [0.2, 0.25) is 10.0 Å². The lowest BCUT2D eigenvalue weighted by Gasteiger charge is -2.32. The molecule has 1 aliphatic rings. The summed E-state index contributed by atoms with van der Waals surface area (Å²) in [6.07, 6.45) is 3.28. The molecular formula is C10H20N2O4S. The summed E-state index contributed by atoms with van der Waals surface area (Å²) in [5, 5.41) is 8.60. The maximum atomic E-state index is 11.0. The fourth-order valence-electron chi connectivity index (χ4n) is 2.04. The SMILES string of the molecule is CS(=O)(=O)NC[C@H]1CCCN(CCC(=O)O)C1. The molecule has 0 spiro atoms. The zero-order valence-electron chi connectivity index (χ0n) is 10.1. The molecule has 1 aliphatic heterocycles. The molecule has 2 N–H and O–H groups in total. The summed E-state index contributed by atoms with van der Waals surface area (Å²) in [6, 6.07) is 0. The highest BCUT2D eigenvalue weighted by molar-refractivity contribution is 7.88. The third-order valence-electron chi connectivity index (χ3n) is 2.88. The number of sulfonamides is 1. The quantitative estimate of drug-likeness (QED) is 0.689. The summed E-state index contributed by atoms with van der Waals surface area (Å²) >= 11 is 0. The van der Waals surface area contributed by atoms with Gasteiger partial charge in [-0.05, 0) is 25.3 Å². The maximum absolute atomic E-state index is 11.0. The molecule has 0 aromatic rings. The van der Waals surface area contributed by atoms with Crippen molar-refractivity contribution in [3.05, 3.63) is 0 Å². The Morgan fingerprint density at radius 3 is 2.82 bits per heavy atom. The Kier molecular flexibility index (Phi) is 5.35. The van der Waals surface area contributed by atoms with E-state index in [9.17, 15) is 13.2 Å². The lowest BCUT2D eigenvalue weighted by atomic mass is 9.98. The second-order valence-electron chi connectivity index (χ2n) is 4.57. The minimum atomic E-state index is -3.13. The van der Waals surface area contributed by atoms with E-state index in [2.05, 4.69) is 9.62 Å². The van der Waals surface area contributed by atoms with Crippen molar-refractivity contribution in [1.29, 1.82) is 0 Å². The highest BCUT2D eigenvalue weighted by atomic mass is 32.2. The van der Waals surface area contributed by atoms with Gasteiger partial charge in [0, 0.05) is 19.6 Å². The Morgan fingerprint density at radius 2 is 2.24 bits per heavy atom. The van der Waals surface area contributed by atoms with Crippen LogP contribution in [-0.2, 0) is 14.8 Å². The fourth-order valence-corrected chi connectivity index (χ4v) is 2.58. The second-order valence-corrected chi connectivity index (χ2v) is 6.41. The van der Waals surface area contributed by atoms with Crippen LogP contribution in [0.2, 0.25) is 0 Å². The Labute approximate surface area is 102 Å². The lowest BCUT2D eigenvalue weighted by molar-refractivity contribution is -0.137. The third kappa shape index (κ3) is 6.60. The number of aliphatic carboxylic acids is 1. The predicted octanol–water partition coefficient (Wildman–Crippen LogP) is -0.278. The van der Waals surface area contributed by atoms with Crippen LogP contribution in [0.25, 0.3) is 0 Å². The van der Waals surface area contributed by atoms with Crippen molar-refractivity contribution in [2.75, 3.05) is 32.4 Å². The van der Waals surface area contributed by atoms with Gasteiger partial charge in [-0.3, -0.25) is 4.79 Å². The van der Waals surface area contributed by atoms with Crippen LogP contribution < -0.4 is 4.72 Å². The molecule has 0 aliphatic carbocycles. The number of piperidine rings is 1. The number of likely N-dealkylation sites (tertiary alicyclic amines) is 1. The fraction of sp³-hybridized carbons (Fsp3) is 0.900. The summed E-state index contributed by atoms with van der Waals surface area (Å²) in [7, 11) is -3.13. The molecule has 0 amide bonds. The van der Waals surface area contributed by atoms with Gasteiger partial charge in [0.25, 0.3) is 0 Å². The largest absolute Gasteiger partial charge is 0.481 e. The van der Waals surface area contributed by atoms with E-state index in [4.69, 9.17) is 5.11 Å². The molecule has 1 rings (SSSR count). The number of hydrogen-bond donors (Lipinski definition) is 2. The molecule has 0 unspecified atom stereocenters. The number of nitrogens with zero attached hydrogens (tertiary/aromatic N) is 1. The molecule has 0 radical (unpaired) electrons. The van der Waals surface area contributed by atoms with Crippen molar-refractivity contribution in [2.45, 2.75) is 19.3 Å². The number of nitrogens with one attached hydrogen (secondary N) is 1. The molecule has 1 saturated heterocycles. The van der Waals surface area contributed by atoms with Crippen molar-refractivity contribution in [3.8, 4) is 0 Å². The molecule has 1 atom stereocenters. The molecule has 1 heterocycles. The van der Waals surface area contributed by atoms with E-state index in [1.165, 1.54) is 0 Å². The van der Waals surface area contributed by atoms with Crippen LogP contribution >= 0.6 is 0 Å². The molecular weight excluding hydrogens is 244 g/mol. The number of rotatable bonds is 6. The Hall–Kier alpha value is -0.660. The molecule has 17 heavy (non-hydrogen) atoms. The standard InChI is InChI=1S/C10H20N2O4S/c1-17(15,16)11-7-9-3-2-5-12(8-9)6-4-10(13)14/h9,11H,2-8H2,1H3,(H,13,14)/t9-/m1/s1. The van der Waals surface area contributed by atoms with Crippen molar-refractivity contribution in [2.24, 2.45) is 5.92 Å². The summed E-state index contributed by atoms with van der Waals surface area (Å²) in [5.74, 6) is -0.506. The molecule has 0 saturated carbocycles. The summed E-state index contributed by atoms with van der Waals surface area (Å²) in [4.78, 5) is 12.6. The molecule has 0 aromatic heterocycles. The first-order valence-corrected chi connectivity index (χ1v) is 7.65. The van der Waals surface area contributed by atoms with Crippen LogP contribution in [0.5, 0.6) is 0 Å².